The molecule has 0 heterocycles. The molecule has 0 aromatic heterocycles. The van der Waals surface area contributed by atoms with Crippen LogP contribution in [0.2, 0.25) is 0 Å². The Hall–Kier alpha value is -1.88. The van der Waals surface area contributed by atoms with Crippen molar-refractivity contribution in [2.75, 3.05) is 0 Å². The van der Waals surface area contributed by atoms with E-state index in [-0.39, 0.29) is 6.42 Å². The molecule has 1 aromatic rings. The average Bonchev–Trinajstić information content (AvgIpc) is 2.50. The van der Waals surface area contributed by atoms with Crippen molar-refractivity contribution in [1.82, 2.24) is 0 Å². The molecule has 27 heavy (non-hydrogen) atoms. The molecule has 0 aliphatic heterocycles. The van der Waals surface area contributed by atoms with E-state index in [0.717, 1.165) is 32.6 Å². The van der Waals surface area contributed by atoms with Gasteiger partial charge in [0.2, 0.25) is 0 Å². The van der Waals surface area contributed by atoms with Crippen LogP contribution in [0.1, 0.15) is 74.2 Å². The zero-order chi connectivity index (χ0) is 21.0. The van der Waals surface area contributed by atoms with Crippen LogP contribution in [0, 0.1) is 0 Å². The van der Waals surface area contributed by atoms with Crippen molar-refractivity contribution in [3.05, 3.63) is 17.2 Å². The van der Waals surface area contributed by atoms with Crippen LogP contribution in [0.5, 0.6) is 11.5 Å². The van der Waals surface area contributed by atoms with Crippen LogP contribution in [-0.2, 0) is 10.1 Å². The Kier molecular flexibility index (Phi) is 7.61. The fourth-order valence-electron chi connectivity index (χ4n) is 3.06. The second-order valence-corrected chi connectivity index (χ2v) is 8.05. The lowest BCUT2D eigenvalue weighted by Gasteiger charge is -2.30. The molecule has 0 spiro atoms. The van der Waals surface area contributed by atoms with Crippen LogP contribution in [0.25, 0.3) is 0 Å². The number of carboxylic acid groups (broad SMARTS) is 1. The number of aliphatic hydroxyl groups is 2. The van der Waals surface area contributed by atoms with Gasteiger partial charge < -0.3 is 25.5 Å². The summed E-state index contributed by atoms with van der Waals surface area (Å²) in [6.07, 6.45) is 4.16. The summed E-state index contributed by atoms with van der Waals surface area (Å²) in [4.78, 5) is 10.4. The van der Waals surface area contributed by atoms with E-state index in [0.29, 0.717) is 12.5 Å². The molecule has 1 atom stereocenters. The lowest BCUT2D eigenvalue weighted by atomic mass is 9.83. The Morgan fingerprint density at radius 1 is 1.15 bits per heavy atom. The number of rotatable bonds is 10. The van der Waals surface area contributed by atoms with Gasteiger partial charge in [-0.1, -0.05) is 39.0 Å². The molecule has 0 amide bonds. The standard InChI is InChI=1S/C17H26O9S/c1-3-4-5-6-7-8-10(17(2,22)23)13-11(18)9-12(27(24,25)26)15(19)14(13)16(20)21/h9-10,18-19,22-23H,3-8H2,1-2H3,(H,20,21)(H,24,25,26). The van der Waals surface area contributed by atoms with E-state index in [9.17, 15) is 38.7 Å². The quantitative estimate of drug-likeness (QED) is 0.147. The third-order valence-corrected chi connectivity index (χ3v) is 5.25. The van der Waals surface area contributed by atoms with Crippen molar-refractivity contribution in [2.24, 2.45) is 0 Å². The fraction of sp³-hybridized carbons (Fsp3) is 0.588. The predicted molar refractivity (Wildman–Crippen MR) is 95.5 cm³/mol. The van der Waals surface area contributed by atoms with Crippen molar-refractivity contribution >= 4 is 16.1 Å². The molecule has 1 unspecified atom stereocenters. The highest BCUT2D eigenvalue weighted by molar-refractivity contribution is 7.86. The second kappa shape index (κ2) is 8.87. The molecule has 0 radical (unpaired) electrons. The summed E-state index contributed by atoms with van der Waals surface area (Å²) >= 11 is 0. The molecule has 0 bridgehead atoms. The molecule has 1 aromatic carbocycles. The largest absolute Gasteiger partial charge is 0.508 e. The van der Waals surface area contributed by atoms with Crippen molar-refractivity contribution in [2.45, 2.75) is 69.0 Å². The average molecular weight is 406 g/mol. The van der Waals surface area contributed by atoms with E-state index in [2.05, 4.69) is 0 Å². The van der Waals surface area contributed by atoms with Gasteiger partial charge in [-0.2, -0.15) is 8.42 Å². The van der Waals surface area contributed by atoms with Crippen molar-refractivity contribution in [3.8, 4) is 11.5 Å². The molecule has 10 heteroatoms. The number of carboxylic acids is 1. The van der Waals surface area contributed by atoms with Gasteiger partial charge in [-0.15, -0.1) is 0 Å². The maximum Gasteiger partial charge on any atom is 0.339 e. The predicted octanol–water partition coefficient (Wildman–Crippen LogP) is 2.19. The zero-order valence-electron chi connectivity index (χ0n) is 15.2. The number of hydrogen-bond acceptors (Lipinski definition) is 7. The zero-order valence-corrected chi connectivity index (χ0v) is 16.0. The van der Waals surface area contributed by atoms with Gasteiger partial charge in [-0.25, -0.2) is 4.79 Å². The first-order chi connectivity index (χ1) is 12.3. The molecular formula is C17H26O9S. The third kappa shape index (κ3) is 5.80. The summed E-state index contributed by atoms with van der Waals surface area (Å²) in [7, 11) is -5.02. The monoisotopic (exact) mass is 406 g/mol. The molecule has 1 rings (SSSR count). The minimum absolute atomic E-state index is 0.0751. The van der Waals surface area contributed by atoms with Crippen LogP contribution in [0.3, 0.4) is 0 Å². The van der Waals surface area contributed by atoms with Crippen LogP contribution in [-0.4, -0.2) is 50.3 Å². The van der Waals surface area contributed by atoms with E-state index >= 15 is 0 Å². The Balaban J connectivity index is 3.49. The summed E-state index contributed by atoms with van der Waals surface area (Å²) in [5, 5.41) is 49.9. The summed E-state index contributed by atoms with van der Waals surface area (Å²) in [6, 6.07) is 0.488. The second-order valence-electron chi connectivity index (χ2n) is 6.66. The van der Waals surface area contributed by atoms with Gasteiger partial charge in [0, 0.05) is 17.5 Å². The summed E-state index contributed by atoms with van der Waals surface area (Å²) < 4.78 is 31.8. The Labute approximate surface area is 157 Å². The number of aromatic carboxylic acids is 1. The Bertz CT molecular complexity index is 779. The van der Waals surface area contributed by atoms with Crippen LogP contribution in [0.4, 0.5) is 0 Å². The van der Waals surface area contributed by atoms with Crippen LogP contribution < -0.4 is 0 Å². The summed E-state index contributed by atoms with van der Waals surface area (Å²) in [6.45, 7) is 3.03. The molecule has 0 saturated carbocycles. The van der Waals surface area contributed by atoms with E-state index in [1.165, 1.54) is 0 Å². The Morgan fingerprint density at radius 2 is 1.70 bits per heavy atom. The van der Waals surface area contributed by atoms with Gasteiger partial charge in [0.05, 0.1) is 0 Å². The summed E-state index contributed by atoms with van der Waals surface area (Å²) in [5.41, 5.74) is -1.51. The lowest BCUT2D eigenvalue weighted by Crippen LogP contribution is -2.33. The highest BCUT2D eigenvalue weighted by Gasteiger charge is 2.38. The number of unbranched alkanes of at least 4 members (excludes halogenated alkanes) is 4. The maximum atomic E-state index is 11.6. The van der Waals surface area contributed by atoms with Crippen LogP contribution >= 0.6 is 0 Å². The summed E-state index contributed by atoms with van der Waals surface area (Å²) in [5.74, 6) is -7.71. The number of aromatic hydroxyl groups is 2. The van der Waals surface area contributed by atoms with Gasteiger partial charge in [-0.3, -0.25) is 4.55 Å². The van der Waals surface area contributed by atoms with E-state index in [4.69, 9.17) is 4.55 Å². The number of phenolic OH excluding ortho intramolecular Hbond substituents is 1. The molecule has 0 fully saturated rings. The normalized spacial score (nSPS) is 13.5. The number of phenols is 2. The van der Waals surface area contributed by atoms with E-state index in [1.54, 1.807) is 0 Å². The first kappa shape index (κ1) is 23.2. The minimum atomic E-state index is -5.02. The first-order valence-corrected chi connectivity index (χ1v) is 10.0. The highest BCUT2D eigenvalue weighted by atomic mass is 32.2. The van der Waals surface area contributed by atoms with Gasteiger partial charge in [0.1, 0.15) is 16.2 Å². The van der Waals surface area contributed by atoms with Crippen molar-refractivity contribution in [1.29, 1.82) is 0 Å². The first-order valence-electron chi connectivity index (χ1n) is 8.56. The number of carbonyl (C=O) groups is 1. The van der Waals surface area contributed by atoms with E-state index < -0.39 is 55.3 Å². The number of hydrogen-bond donors (Lipinski definition) is 6. The third-order valence-electron chi connectivity index (χ3n) is 4.38. The molecular weight excluding hydrogens is 380 g/mol. The van der Waals surface area contributed by atoms with Crippen molar-refractivity contribution in [3.63, 3.8) is 0 Å². The van der Waals surface area contributed by atoms with Gasteiger partial charge in [-0.05, 0) is 13.3 Å². The highest BCUT2D eigenvalue weighted by Crippen LogP contribution is 2.44. The van der Waals surface area contributed by atoms with Gasteiger partial charge in [0.25, 0.3) is 10.1 Å². The smallest absolute Gasteiger partial charge is 0.339 e. The lowest BCUT2D eigenvalue weighted by molar-refractivity contribution is -0.165. The molecule has 154 valence electrons. The molecule has 0 aliphatic carbocycles. The van der Waals surface area contributed by atoms with Crippen LogP contribution in [0.15, 0.2) is 11.0 Å². The fourth-order valence-corrected chi connectivity index (χ4v) is 3.67. The molecule has 0 saturated heterocycles. The van der Waals surface area contributed by atoms with Gasteiger partial charge >= 0.3 is 5.97 Å². The molecule has 0 aliphatic rings. The van der Waals surface area contributed by atoms with Crippen molar-refractivity contribution < 1.29 is 43.3 Å². The number of benzene rings is 1. The molecule has 9 nitrogen and oxygen atoms in total. The topological polar surface area (TPSA) is 173 Å². The minimum Gasteiger partial charge on any atom is -0.508 e. The van der Waals surface area contributed by atoms with E-state index in [1.807, 2.05) is 6.92 Å². The SMILES string of the molecule is CCCCCCCC(c1c(O)cc(S(=O)(=O)O)c(O)c1C(=O)O)C(C)(O)O. The Morgan fingerprint density at radius 3 is 2.15 bits per heavy atom. The maximum absolute atomic E-state index is 11.6. The van der Waals surface area contributed by atoms with Gasteiger partial charge in [0.15, 0.2) is 11.5 Å². The molecule has 6 N–H and O–H groups in total.